The van der Waals surface area contributed by atoms with Crippen molar-refractivity contribution in [2.45, 2.75) is 12.8 Å². The molecular formula is C11H11N3OS. The number of anilines is 1. The van der Waals surface area contributed by atoms with Crippen LogP contribution in [-0.4, -0.2) is 15.9 Å². The zero-order valence-corrected chi connectivity index (χ0v) is 9.57. The molecule has 0 saturated carbocycles. The molecule has 2 aromatic heterocycles. The molecule has 1 atom stereocenters. The lowest BCUT2D eigenvalue weighted by atomic mass is 10.1. The Hall–Kier alpha value is -1.75. The van der Waals surface area contributed by atoms with E-state index in [1.165, 1.54) is 6.20 Å². The average Bonchev–Trinajstić information content (AvgIpc) is 2.83. The molecular weight excluding hydrogens is 222 g/mol. The van der Waals surface area contributed by atoms with Gasteiger partial charge in [0.1, 0.15) is 0 Å². The number of nitrogens with one attached hydrogen (secondary N) is 1. The number of nitrogens with zero attached hydrogens (tertiary/aromatic N) is 2. The molecule has 2 heterocycles. The summed E-state index contributed by atoms with van der Waals surface area (Å²) in [5.41, 5.74) is 0. The van der Waals surface area contributed by atoms with Gasteiger partial charge in [-0.1, -0.05) is 6.07 Å². The first-order valence-electron chi connectivity index (χ1n) is 4.87. The van der Waals surface area contributed by atoms with Crippen LogP contribution in [0.15, 0.2) is 36.1 Å². The van der Waals surface area contributed by atoms with Gasteiger partial charge in [-0.3, -0.25) is 9.78 Å². The number of carbonyl (C=O) groups is 1. The fraction of sp³-hybridized carbons (Fsp3) is 0.182. The van der Waals surface area contributed by atoms with Gasteiger partial charge < -0.3 is 5.32 Å². The van der Waals surface area contributed by atoms with Gasteiger partial charge in [0.2, 0.25) is 5.91 Å². The fourth-order valence-electron chi connectivity index (χ4n) is 1.26. The molecule has 0 aliphatic rings. The zero-order valence-electron chi connectivity index (χ0n) is 8.75. The average molecular weight is 233 g/mol. The molecule has 1 N–H and O–H groups in total. The van der Waals surface area contributed by atoms with Crippen LogP contribution in [0, 0.1) is 0 Å². The van der Waals surface area contributed by atoms with Gasteiger partial charge in [-0.2, -0.15) is 0 Å². The third-order valence-electron chi connectivity index (χ3n) is 2.18. The van der Waals surface area contributed by atoms with Crippen molar-refractivity contribution in [2.24, 2.45) is 0 Å². The van der Waals surface area contributed by atoms with E-state index in [-0.39, 0.29) is 11.8 Å². The monoisotopic (exact) mass is 233 g/mol. The molecule has 5 heteroatoms. The van der Waals surface area contributed by atoms with Gasteiger partial charge in [0.25, 0.3) is 0 Å². The molecule has 4 nitrogen and oxygen atoms in total. The SMILES string of the molecule is CC(C(=O)Nc1cnccn1)c1cccs1. The van der Waals surface area contributed by atoms with Crippen molar-refractivity contribution in [1.82, 2.24) is 9.97 Å². The van der Waals surface area contributed by atoms with Crippen molar-refractivity contribution < 1.29 is 4.79 Å². The molecule has 82 valence electrons. The molecule has 0 aliphatic heterocycles. The lowest BCUT2D eigenvalue weighted by Crippen LogP contribution is -2.18. The molecule has 0 aromatic carbocycles. The predicted molar refractivity (Wildman–Crippen MR) is 63.4 cm³/mol. The van der Waals surface area contributed by atoms with Crippen LogP contribution >= 0.6 is 11.3 Å². The van der Waals surface area contributed by atoms with E-state index in [4.69, 9.17) is 0 Å². The second kappa shape index (κ2) is 4.85. The Bertz CT molecular complexity index is 455. The zero-order chi connectivity index (χ0) is 11.4. The number of hydrogen-bond donors (Lipinski definition) is 1. The van der Waals surface area contributed by atoms with E-state index in [0.717, 1.165) is 4.88 Å². The van der Waals surface area contributed by atoms with E-state index >= 15 is 0 Å². The largest absolute Gasteiger partial charge is 0.309 e. The first-order chi connectivity index (χ1) is 7.77. The van der Waals surface area contributed by atoms with Crippen molar-refractivity contribution >= 4 is 23.1 Å². The fourth-order valence-corrected chi connectivity index (χ4v) is 2.05. The number of amides is 1. The Morgan fingerprint density at radius 1 is 1.50 bits per heavy atom. The third kappa shape index (κ3) is 2.43. The highest BCUT2D eigenvalue weighted by atomic mass is 32.1. The first kappa shape index (κ1) is 10.8. The lowest BCUT2D eigenvalue weighted by molar-refractivity contribution is -0.117. The van der Waals surface area contributed by atoms with E-state index < -0.39 is 0 Å². The van der Waals surface area contributed by atoms with E-state index in [2.05, 4.69) is 15.3 Å². The Labute approximate surface area is 97.4 Å². The minimum Gasteiger partial charge on any atom is -0.309 e. The molecule has 1 amide bonds. The molecule has 0 bridgehead atoms. The maximum Gasteiger partial charge on any atom is 0.233 e. The van der Waals surface area contributed by atoms with E-state index in [0.29, 0.717) is 5.82 Å². The number of carbonyl (C=O) groups excluding carboxylic acids is 1. The summed E-state index contributed by atoms with van der Waals surface area (Å²) in [6.07, 6.45) is 4.64. The summed E-state index contributed by atoms with van der Waals surface area (Å²) in [4.78, 5) is 20.8. The molecule has 0 aliphatic carbocycles. The van der Waals surface area contributed by atoms with Crippen molar-refractivity contribution in [3.05, 3.63) is 41.0 Å². The normalized spacial score (nSPS) is 12.1. The Kier molecular flexibility index (Phi) is 3.26. The van der Waals surface area contributed by atoms with Crippen LogP contribution in [0.25, 0.3) is 0 Å². The van der Waals surface area contributed by atoms with Gasteiger partial charge in [-0.05, 0) is 18.4 Å². The Morgan fingerprint density at radius 2 is 2.38 bits per heavy atom. The molecule has 0 fully saturated rings. The van der Waals surface area contributed by atoms with Gasteiger partial charge in [-0.15, -0.1) is 11.3 Å². The highest BCUT2D eigenvalue weighted by Crippen LogP contribution is 2.21. The van der Waals surface area contributed by atoms with Crippen LogP contribution in [0.4, 0.5) is 5.82 Å². The van der Waals surface area contributed by atoms with Gasteiger partial charge in [0, 0.05) is 17.3 Å². The van der Waals surface area contributed by atoms with Gasteiger partial charge >= 0.3 is 0 Å². The minimum absolute atomic E-state index is 0.0667. The van der Waals surface area contributed by atoms with Crippen LogP contribution in [0.1, 0.15) is 17.7 Å². The third-order valence-corrected chi connectivity index (χ3v) is 3.23. The maximum absolute atomic E-state index is 11.8. The van der Waals surface area contributed by atoms with Crippen molar-refractivity contribution in [3.8, 4) is 0 Å². The summed E-state index contributed by atoms with van der Waals surface area (Å²) in [6.45, 7) is 1.87. The Balaban J connectivity index is 2.04. The molecule has 16 heavy (non-hydrogen) atoms. The van der Waals surface area contributed by atoms with Crippen LogP contribution in [0.3, 0.4) is 0 Å². The van der Waals surface area contributed by atoms with E-state index in [9.17, 15) is 4.79 Å². The van der Waals surface area contributed by atoms with E-state index in [1.807, 2.05) is 24.4 Å². The topological polar surface area (TPSA) is 54.9 Å². The molecule has 0 radical (unpaired) electrons. The minimum atomic E-state index is -0.165. The standard InChI is InChI=1S/C11H11N3OS/c1-8(9-3-2-6-16-9)11(15)14-10-7-12-4-5-13-10/h2-8H,1H3,(H,13,14,15). The summed E-state index contributed by atoms with van der Waals surface area (Å²) in [6, 6.07) is 3.89. The summed E-state index contributed by atoms with van der Waals surface area (Å²) >= 11 is 1.57. The summed E-state index contributed by atoms with van der Waals surface area (Å²) < 4.78 is 0. The lowest BCUT2D eigenvalue weighted by Gasteiger charge is -2.09. The molecule has 1 unspecified atom stereocenters. The summed E-state index contributed by atoms with van der Waals surface area (Å²) in [5, 5.41) is 4.68. The number of rotatable bonds is 3. The highest BCUT2D eigenvalue weighted by Gasteiger charge is 2.16. The predicted octanol–water partition coefficient (Wildman–Crippen LogP) is 2.28. The highest BCUT2D eigenvalue weighted by molar-refractivity contribution is 7.10. The van der Waals surface area contributed by atoms with Gasteiger partial charge in [0.15, 0.2) is 5.82 Å². The maximum atomic E-state index is 11.8. The van der Waals surface area contributed by atoms with Crippen LogP contribution in [0.5, 0.6) is 0 Å². The van der Waals surface area contributed by atoms with Crippen LogP contribution in [-0.2, 0) is 4.79 Å². The quantitative estimate of drug-likeness (QED) is 0.884. The van der Waals surface area contributed by atoms with Crippen LogP contribution in [0.2, 0.25) is 0 Å². The van der Waals surface area contributed by atoms with Gasteiger partial charge in [0.05, 0.1) is 12.1 Å². The Morgan fingerprint density at radius 3 is 3.00 bits per heavy atom. The molecule has 2 aromatic rings. The number of aromatic nitrogens is 2. The smallest absolute Gasteiger partial charge is 0.233 e. The molecule has 0 saturated heterocycles. The first-order valence-corrected chi connectivity index (χ1v) is 5.75. The van der Waals surface area contributed by atoms with Gasteiger partial charge in [-0.25, -0.2) is 4.98 Å². The molecule has 0 spiro atoms. The molecule has 2 rings (SSSR count). The van der Waals surface area contributed by atoms with Crippen molar-refractivity contribution in [1.29, 1.82) is 0 Å². The second-order valence-corrected chi connectivity index (χ2v) is 4.30. The van der Waals surface area contributed by atoms with Crippen molar-refractivity contribution in [3.63, 3.8) is 0 Å². The van der Waals surface area contributed by atoms with Crippen LogP contribution < -0.4 is 5.32 Å². The van der Waals surface area contributed by atoms with E-state index in [1.54, 1.807) is 23.7 Å². The number of thiophene rings is 1. The second-order valence-electron chi connectivity index (χ2n) is 3.32. The number of hydrogen-bond acceptors (Lipinski definition) is 4. The van der Waals surface area contributed by atoms with Crippen molar-refractivity contribution in [2.75, 3.05) is 5.32 Å². The summed E-state index contributed by atoms with van der Waals surface area (Å²) in [5.74, 6) is 0.251. The summed E-state index contributed by atoms with van der Waals surface area (Å²) in [7, 11) is 0.